The Bertz CT molecular complexity index is 960. The van der Waals surface area contributed by atoms with Crippen molar-refractivity contribution in [1.82, 2.24) is 9.78 Å². The average molecular weight is 374 g/mol. The number of nitrogens with zero attached hydrogens (tertiary/aromatic N) is 2. The maximum absolute atomic E-state index is 11.0. The van der Waals surface area contributed by atoms with Gasteiger partial charge in [-0.1, -0.05) is 29.3 Å². The molecule has 126 valence electrons. The van der Waals surface area contributed by atoms with Gasteiger partial charge >= 0.3 is 5.97 Å². The Morgan fingerprint density at radius 3 is 2.44 bits per heavy atom. The monoisotopic (exact) mass is 373 g/mol. The van der Waals surface area contributed by atoms with Crippen LogP contribution in [0, 0.1) is 0 Å². The number of carboxylic acid groups (broad SMARTS) is 1. The number of aromatic nitrogens is 2. The van der Waals surface area contributed by atoms with Crippen LogP contribution in [-0.4, -0.2) is 27.4 Å². The Morgan fingerprint density at radius 2 is 1.80 bits per heavy atom. The van der Waals surface area contributed by atoms with E-state index in [1.807, 2.05) is 0 Å². The van der Waals surface area contributed by atoms with Gasteiger partial charge in [0.15, 0.2) is 0 Å². The Labute approximate surface area is 153 Å². The first kappa shape index (κ1) is 16.0. The lowest BCUT2D eigenvalue weighted by Gasteiger charge is -2.07. The highest BCUT2D eigenvalue weighted by Crippen LogP contribution is 2.40. The number of hydrogen-bond acceptors (Lipinski definition) is 3. The third-order valence-electron chi connectivity index (χ3n) is 4.21. The highest BCUT2D eigenvalue weighted by molar-refractivity contribution is 6.39. The average Bonchev–Trinajstić information content (AvgIpc) is 3.18. The van der Waals surface area contributed by atoms with Crippen molar-refractivity contribution in [2.45, 2.75) is 6.42 Å². The van der Waals surface area contributed by atoms with Crippen LogP contribution >= 0.6 is 23.2 Å². The SMILES string of the molecule is O=C(O)c1ccc(-n2nc(-c3c(Cl)cccc3Cl)c3c2NCC3)cc1. The second kappa shape index (κ2) is 6.10. The highest BCUT2D eigenvalue weighted by Gasteiger charge is 2.26. The van der Waals surface area contributed by atoms with Gasteiger partial charge in [-0.25, -0.2) is 9.48 Å². The quantitative estimate of drug-likeness (QED) is 0.708. The summed E-state index contributed by atoms with van der Waals surface area (Å²) in [5, 5.41) is 18.2. The summed E-state index contributed by atoms with van der Waals surface area (Å²) in [6.07, 6.45) is 0.819. The summed E-state index contributed by atoms with van der Waals surface area (Å²) in [6.45, 7) is 0.801. The number of nitrogens with one attached hydrogen (secondary N) is 1. The minimum atomic E-state index is -0.959. The first-order valence-electron chi connectivity index (χ1n) is 7.70. The molecule has 0 bridgehead atoms. The second-order valence-corrected chi connectivity index (χ2v) is 6.53. The molecule has 0 saturated carbocycles. The van der Waals surface area contributed by atoms with Gasteiger partial charge in [0.2, 0.25) is 0 Å². The van der Waals surface area contributed by atoms with E-state index >= 15 is 0 Å². The van der Waals surface area contributed by atoms with E-state index in [9.17, 15) is 4.79 Å². The molecular weight excluding hydrogens is 361 g/mol. The molecule has 5 nitrogen and oxygen atoms in total. The van der Waals surface area contributed by atoms with E-state index in [1.54, 1.807) is 47.1 Å². The van der Waals surface area contributed by atoms with Crippen LogP contribution in [0.2, 0.25) is 10.0 Å². The lowest BCUT2D eigenvalue weighted by atomic mass is 10.1. The zero-order valence-corrected chi connectivity index (χ0v) is 14.5. The number of carbonyl (C=O) groups is 1. The minimum Gasteiger partial charge on any atom is -0.478 e. The van der Waals surface area contributed by atoms with Gasteiger partial charge < -0.3 is 10.4 Å². The molecule has 0 atom stereocenters. The summed E-state index contributed by atoms with van der Waals surface area (Å²) in [7, 11) is 0. The smallest absolute Gasteiger partial charge is 0.335 e. The predicted octanol–water partition coefficient (Wildman–Crippen LogP) is 4.51. The normalized spacial score (nSPS) is 12.7. The number of fused-ring (bicyclic) bond motifs is 1. The Balaban J connectivity index is 1.88. The molecule has 0 radical (unpaired) electrons. The van der Waals surface area contributed by atoms with Gasteiger partial charge in [0.25, 0.3) is 0 Å². The molecule has 1 aliphatic rings. The van der Waals surface area contributed by atoms with E-state index in [2.05, 4.69) is 5.32 Å². The van der Waals surface area contributed by atoms with Crippen molar-refractivity contribution >= 4 is 35.0 Å². The zero-order chi connectivity index (χ0) is 17.6. The largest absolute Gasteiger partial charge is 0.478 e. The molecule has 2 aromatic carbocycles. The first-order chi connectivity index (χ1) is 12.1. The molecule has 2 heterocycles. The Hall–Kier alpha value is -2.50. The van der Waals surface area contributed by atoms with Gasteiger partial charge in [-0.3, -0.25) is 0 Å². The highest BCUT2D eigenvalue weighted by atomic mass is 35.5. The maximum Gasteiger partial charge on any atom is 0.335 e. The summed E-state index contributed by atoms with van der Waals surface area (Å²) in [5.74, 6) is -0.0760. The molecule has 7 heteroatoms. The Kier molecular flexibility index (Phi) is 3.90. The fraction of sp³-hybridized carbons (Fsp3) is 0.111. The van der Waals surface area contributed by atoms with Crippen LogP contribution in [0.1, 0.15) is 15.9 Å². The number of hydrogen-bond donors (Lipinski definition) is 2. The third-order valence-corrected chi connectivity index (χ3v) is 4.84. The number of halogens is 2. The molecule has 25 heavy (non-hydrogen) atoms. The van der Waals surface area contributed by atoms with Gasteiger partial charge in [-0.15, -0.1) is 0 Å². The minimum absolute atomic E-state index is 0.231. The van der Waals surface area contributed by atoms with E-state index in [4.69, 9.17) is 33.4 Å². The number of anilines is 1. The molecule has 2 N–H and O–H groups in total. The van der Waals surface area contributed by atoms with E-state index in [0.29, 0.717) is 15.6 Å². The zero-order valence-electron chi connectivity index (χ0n) is 13.0. The molecule has 0 unspecified atom stereocenters. The van der Waals surface area contributed by atoms with E-state index < -0.39 is 5.97 Å². The van der Waals surface area contributed by atoms with Gasteiger partial charge in [0.1, 0.15) is 11.5 Å². The van der Waals surface area contributed by atoms with Crippen LogP contribution < -0.4 is 5.32 Å². The molecule has 4 rings (SSSR count). The topological polar surface area (TPSA) is 67.1 Å². The molecule has 0 aliphatic carbocycles. The third kappa shape index (κ3) is 2.65. The summed E-state index contributed by atoms with van der Waals surface area (Å²) < 4.78 is 1.77. The summed E-state index contributed by atoms with van der Waals surface area (Å²) in [4.78, 5) is 11.0. The standard InChI is InChI=1S/C18H13Cl2N3O2/c19-13-2-1-3-14(20)15(13)16-12-8-9-21-17(12)23(22-16)11-6-4-10(5-7-11)18(24)25/h1-7,21H,8-9H2,(H,24,25). The molecule has 0 spiro atoms. The summed E-state index contributed by atoms with van der Waals surface area (Å²) >= 11 is 12.7. The summed E-state index contributed by atoms with van der Waals surface area (Å²) in [6, 6.07) is 12.0. The van der Waals surface area contributed by atoms with Crippen molar-refractivity contribution in [3.05, 3.63) is 63.6 Å². The van der Waals surface area contributed by atoms with Crippen LogP contribution in [0.15, 0.2) is 42.5 Å². The molecule has 1 aliphatic heterocycles. The van der Waals surface area contributed by atoms with Crippen molar-refractivity contribution in [2.75, 3.05) is 11.9 Å². The van der Waals surface area contributed by atoms with Gasteiger partial charge in [0.05, 0.1) is 21.3 Å². The van der Waals surface area contributed by atoms with Crippen LogP contribution in [0.5, 0.6) is 0 Å². The second-order valence-electron chi connectivity index (χ2n) is 5.71. The van der Waals surface area contributed by atoms with E-state index in [0.717, 1.165) is 35.7 Å². The fourth-order valence-electron chi connectivity index (χ4n) is 3.03. The van der Waals surface area contributed by atoms with Crippen LogP contribution in [-0.2, 0) is 6.42 Å². The predicted molar refractivity (Wildman–Crippen MR) is 98.2 cm³/mol. The van der Waals surface area contributed by atoms with E-state index in [-0.39, 0.29) is 5.56 Å². The maximum atomic E-state index is 11.0. The molecule has 0 fully saturated rings. The van der Waals surface area contributed by atoms with Crippen molar-refractivity contribution in [3.8, 4) is 16.9 Å². The first-order valence-corrected chi connectivity index (χ1v) is 8.45. The number of aromatic carboxylic acids is 1. The van der Waals surface area contributed by atoms with Gasteiger partial charge in [0, 0.05) is 17.7 Å². The Morgan fingerprint density at radius 1 is 1.12 bits per heavy atom. The van der Waals surface area contributed by atoms with Crippen molar-refractivity contribution in [2.24, 2.45) is 0 Å². The van der Waals surface area contributed by atoms with Crippen LogP contribution in [0.4, 0.5) is 5.82 Å². The van der Waals surface area contributed by atoms with Crippen molar-refractivity contribution < 1.29 is 9.90 Å². The molecule has 0 saturated heterocycles. The van der Waals surface area contributed by atoms with Gasteiger partial charge in [-0.05, 0) is 42.8 Å². The molecular formula is C18H13Cl2N3O2. The fourth-order valence-corrected chi connectivity index (χ4v) is 3.61. The van der Waals surface area contributed by atoms with Gasteiger partial charge in [-0.2, -0.15) is 5.10 Å². The lowest BCUT2D eigenvalue weighted by Crippen LogP contribution is -2.05. The van der Waals surface area contributed by atoms with Crippen LogP contribution in [0.25, 0.3) is 16.9 Å². The lowest BCUT2D eigenvalue weighted by molar-refractivity contribution is 0.0697. The number of carboxylic acids is 1. The van der Waals surface area contributed by atoms with Crippen molar-refractivity contribution in [1.29, 1.82) is 0 Å². The molecule has 0 amide bonds. The summed E-state index contributed by atoms with van der Waals surface area (Å²) in [5.41, 5.74) is 3.52. The van der Waals surface area contributed by atoms with E-state index in [1.165, 1.54) is 0 Å². The number of benzene rings is 2. The molecule has 1 aromatic heterocycles. The molecule has 3 aromatic rings. The van der Waals surface area contributed by atoms with Crippen LogP contribution in [0.3, 0.4) is 0 Å². The van der Waals surface area contributed by atoms with Crippen molar-refractivity contribution in [3.63, 3.8) is 0 Å². The number of rotatable bonds is 3.